The molecule has 0 bridgehead atoms. The summed E-state index contributed by atoms with van der Waals surface area (Å²) in [6.07, 6.45) is 3.97. The molecule has 20 heavy (non-hydrogen) atoms. The minimum Gasteiger partial charge on any atom is -0.309 e. The maximum atomic E-state index is 3.75. The van der Waals surface area contributed by atoms with Gasteiger partial charge in [-0.15, -0.1) is 0 Å². The summed E-state index contributed by atoms with van der Waals surface area (Å²) in [6, 6.07) is 11.0. The van der Waals surface area contributed by atoms with Gasteiger partial charge >= 0.3 is 0 Å². The van der Waals surface area contributed by atoms with E-state index in [-0.39, 0.29) is 0 Å². The van der Waals surface area contributed by atoms with Crippen molar-refractivity contribution in [2.45, 2.75) is 58.2 Å². The molecule has 2 aliphatic rings. The zero-order chi connectivity index (χ0) is 14.1. The minimum atomic E-state index is 0.524. The van der Waals surface area contributed by atoms with Gasteiger partial charge in [0.25, 0.3) is 0 Å². The van der Waals surface area contributed by atoms with Crippen molar-refractivity contribution in [3.8, 4) is 0 Å². The number of rotatable bonds is 4. The summed E-state index contributed by atoms with van der Waals surface area (Å²) in [5, 5.41) is 3.75. The van der Waals surface area contributed by atoms with E-state index in [2.05, 4.69) is 55.3 Å². The molecule has 3 atom stereocenters. The van der Waals surface area contributed by atoms with E-state index in [1.807, 2.05) is 0 Å². The van der Waals surface area contributed by atoms with Gasteiger partial charge in [-0.1, -0.05) is 45.0 Å². The number of fused-ring (bicyclic) bond motifs is 1. The fraction of sp³-hybridized carbons (Fsp3) is 0.667. The van der Waals surface area contributed by atoms with Gasteiger partial charge in [0.1, 0.15) is 0 Å². The van der Waals surface area contributed by atoms with Crippen LogP contribution in [0.5, 0.6) is 0 Å². The van der Waals surface area contributed by atoms with Crippen molar-refractivity contribution in [1.29, 1.82) is 0 Å². The largest absolute Gasteiger partial charge is 0.309 e. The molecule has 0 amide bonds. The van der Waals surface area contributed by atoms with E-state index in [1.54, 1.807) is 5.56 Å². The first-order valence-corrected chi connectivity index (χ1v) is 8.29. The lowest BCUT2D eigenvalue weighted by atomic mass is 9.98. The molecule has 0 aromatic heterocycles. The molecule has 1 fully saturated rings. The molecule has 3 rings (SSSR count). The molecule has 1 aromatic carbocycles. The number of benzene rings is 1. The summed E-state index contributed by atoms with van der Waals surface area (Å²) in [4.78, 5) is 2.80. The number of nitrogens with zero attached hydrogens (tertiary/aromatic N) is 1. The van der Waals surface area contributed by atoms with E-state index in [0.717, 1.165) is 18.5 Å². The molecule has 1 aliphatic heterocycles. The average Bonchev–Trinajstić information content (AvgIpc) is 3.04. The monoisotopic (exact) mass is 272 g/mol. The molecule has 3 unspecified atom stereocenters. The molecular weight excluding hydrogens is 244 g/mol. The van der Waals surface area contributed by atoms with Crippen molar-refractivity contribution in [1.82, 2.24) is 10.2 Å². The van der Waals surface area contributed by atoms with Gasteiger partial charge in [0, 0.05) is 18.1 Å². The Kier molecular flexibility index (Phi) is 4.13. The molecule has 110 valence electrons. The Labute approximate surface area is 123 Å². The van der Waals surface area contributed by atoms with E-state index in [9.17, 15) is 0 Å². The van der Waals surface area contributed by atoms with Crippen molar-refractivity contribution in [3.05, 3.63) is 35.4 Å². The van der Waals surface area contributed by atoms with E-state index in [0.29, 0.717) is 12.1 Å². The Morgan fingerprint density at radius 2 is 2.10 bits per heavy atom. The van der Waals surface area contributed by atoms with Crippen LogP contribution in [-0.4, -0.2) is 30.1 Å². The second-order valence-corrected chi connectivity index (χ2v) is 6.70. The van der Waals surface area contributed by atoms with Crippen LogP contribution >= 0.6 is 0 Å². The number of nitrogens with one attached hydrogen (secondary N) is 1. The Morgan fingerprint density at radius 1 is 1.30 bits per heavy atom. The third-order valence-corrected chi connectivity index (χ3v) is 5.17. The lowest BCUT2D eigenvalue weighted by Crippen LogP contribution is -2.47. The van der Waals surface area contributed by atoms with Crippen LogP contribution in [0.2, 0.25) is 0 Å². The van der Waals surface area contributed by atoms with Crippen LogP contribution in [0.25, 0.3) is 0 Å². The van der Waals surface area contributed by atoms with E-state index in [4.69, 9.17) is 0 Å². The molecule has 2 heteroatoms. The molecule has 1 aliphatic carbocycles. The minimum absolute atomic E-state index is 0.524. The van der Waals surface area contributed by atoms with Crippen LogP contribution in [0.1, 0.15) is 50.8 Å². The number of hydrogen-bond donors (Lipinski definition) is 1. The van der Waals surface area contributed by atoms with E-state index < -0.39 is 0 Å². The van der Waals surface area contributed by atoms with Crippen molar-refractivity contribution in [2.75, 3.05) is 13.1 Å². The van der Waals surface area contributed by atoms with Crippen LogP contribution in [0.3, 0.4) is 0 Å². The summed E-state index contributed by atoms with van der Waals surface area (Å²) in [7, 11) is 0. The number of hydrogen-bond acceptors (Lipinski definition) is 2. The summed E-state index contributed by atoms with van der Waals surface area (Å²) >= 11 is 0. The standard InChI is InChI=1S/C18H28N2/c1-4-19-18-15-9-6-5-8-14(15)12-17(18)20-11-7-10-16(20)13(2)3/h5-6,8-9,13,16-19H,4,7,10-12H2,1-3H3. The molecule has 0 saturated carbocycles. The lowest BCUT2D eigenvalue weighted by Gasteiger charge is -2.36. The second-order valence-electron chi connectivity index (χ2n) is 6.70. The molecule has 2 nitrogen and oxygen atoms in total. The predicted octanol–water partition coefficient (Wildman–Crippen LogP) is 3.38. The van der Waals surface area contributed by atoms with Crippen molar-refractivity contribution >= 4 is 0 Å². The average molecular weight is 272 g/mol. The highest BCUT2D eigenvalue weighted by atomic mass is 15.2. The Balaban J connectivity index is 1.86. The SMILES string of the molecule is CCNC1c2ccccc2CC1N1CCCC1C(C)C. The Morgan fingerprint density at radius 3 is 2.85 bits per heavy atom. The van der Waals surface area contributed by atoms with Gasteiger partial charge < -0.3 is 5.32 Å². The molecule has 1 N–H and O–H groups in total. The van der Waals surface area contributed by atoms with Crippen LogP contribution < -0.4 is 5.32 Å². The maximum Gasteiger partial charge on any atom is 0.0484 e. The highest BCUT2D eigenvalue weighted by Gasteiger charge is 2.40. The highest BCUT2D eigenvalue weighted by Crippen LogP contribution is 2.38. The topological polar surface area (TPSA) is 15.3 Å². The summed E-state index contributed by atoms with van der Waals surface area (Å²) in [5.74, 6) is 0.767. The van der Waals surface area contributed by atoms with Crippen LogP contribution in [-0.2, 0) is 6.42 Å². The van der Waals surface area contributed by atoms with Crippen molar-refractivity contribution in [2.24, 2.45) is 5.92 Å². The zero-order valence-corrected chi connectivity index (χ0v) is 13.1. The first kappa shape index (κ1) is 14.1. The van der Waals surface area contributed by atoms with Crippen molar-refractivity contribution in [3.63, 3.8) is 0 Å². The van der Waals surface area contributed by atoms with Crippen LogP contribution in [0.15, 0.2) is 24.3 Å². The lowest BCUT2D eigenvalue weighted by molar-refractivity contribution is 0.124. The number of likely N-dealkylation sites (N-methyl/N-ethyl adjacent to an activating group) is 1. The van der Waals surface area contributed by atoms with Gasteiger partial charge in [0.05, 0.1) is 0 Å². The smallest absolute Gasteiger partial charge is 0.0484 e. The Hall–Kier alpha value is -0.860. The van der Waals surface area contributed by atoms with Crippen LogP contribution in [0, 0.1) is 5.92 Å². The molecular formula is C18H28N2. The Bertz CT molecular complexity index is 454. The van der Waals surface area contributed by atoms with Gasteiger partial charge in [0.15, 0.2) is 0 Å². The van der Waals surface area contributed by atoms with Crippen LogP contribution in [0.4, 0.5) is 0 Å². The molecule has 0 spiro atoms. The molecule has 1 aromatic rings. The highest BCUT2D eigenvalue weighted by molar-refractivity contribution is 5.37. The zero-order valence-electron chi connectivity index (χ0n) is 13.1. The third-order valence-electron chi connectivity index (χ3n) is 5.17. The summed E-state index contributed by atoms with van der Waals surface area (Å²) < 4.78 is 0. The normalized spacial score (nSPS) is 30.1. The second kappa shape index (κ2) is 5.87. The molecule has 0 radical (unpaired) electrons. The molecule has 1 heterocycles. The van der Waals surface area contributed by atoms with Gasteiger partial charge in [-0.25, -0.2) is 0 Å². The third kappa shape index (κ3) is 2.40. The quantitative estimate of drug-likeness (QED) is 0.904. The fourth-order valence-electron chi connectivity index (χ4n) is 4.29. The first-order valence-electron chi connectivity index (χ1n) is 8.29. The van der Waals surface area contributed by atoms with Gasteiger partial charge in [-0.2, -0.15) is 0 Å². The first-order chi connectivity index (χ1) is 9.72. The van der Waals surface area contributed by atoms with E-state index >= 15 is 0 Å². The fourth-order valence-corrected chi connectivity index (χ4v) is 4.29. The predicted molar refractivity (Wildman–Crippen MR) is 84.9 cm³/mol. The van der Waals surface area contributed by atoms with Gasteiger partial charge in [0.2, 0.25) is 0 Å². The van der Waals surface area contributed by atoms with Gasteiger partial charge in [-0.3, -0.25) is 4.90 Å². The van der Waals surface area contributed by atoms with E-state index in [1.165, 1.54) is 31.4 Å². The van der Waals surface area contributed by atoms with Crippen molar-refractivity contribution < 1.29 is 0 Å². The molecule has 1 saturated heterocycles. The maximum absolute atomic E-state index is 3.75. The van der Waals surface area contributed by atoms with Gasteiger partial charge in [-0.05, 0) is 49.4 Å². The number of likely N-dealkylation sites (tertiary alicyclic amines) is 1. The summed E-state index contributed by atoms with van der Waals surface area (Å²) in [5.41, 5.74) is 3.09. The summed E-state index contributed by atoms with van der Waals surface area (Å²) in [6.45, 7) is 9.32.